The van der Waals surface area contributed by atoms with Gasteiger partial charge in [0, 0.05) is 10.9 Å². The van der Waals surface area contributed by atoms with Gasteiger partial charge in [-0.2, -0.15) is 0 Å². The van der Waals surface area contributed by atoms with E-state index in [1.54, 1.807) is 6.07 Å². The summed E-state index contributed by atoms with van der Waals surface area (Å²) >= 11 is 0. The van der Waals surface area contributed by atoms with E-state index in [2.05, 4.69) is 52.3 Å². The molecule has 124 valence electrons. The van der Waals surface area contributed by atoms with Crippen LogP contribution in [0, 0.1) is 0 Å². The van der Waals surface area contributed by atoms with Crippen LogP contribution in [0.25, 0.3) is 11.0 Å². The maximum Gasteiger partial charge on any atom is 0.351 e. The van der Waals surface area contributed by atoms with Crippen molar-refractivity contribution in [1.82, 2.24) is 0 Å². The van der Waals surface area contributed by atoms with Crippen LogP contribution in [0.2, 0.25) is 0 Å². The molecular formula is C19H24O4. The number of carbonyl (C=O) groups is 1. The van der Waals surface area contributed by atoms with Gasteiger partial charge in [-0.05, 0) is 28.5 Å². The van der Waals surface area contributed by atoms with Gasteiger partial charge in [-0.25, -0.2) is 9.59 Å². The highest BCUT2D eigenvalue weighted by atomic mass is 16.5. The van der Waals surface area contributed by atoms with E-state index in [9.17, 15) is 9.59 Å². The SMILES string of the molecule is COC(=O)c1cc2cc(C(C)(C)C)cc(C(C)(C)C)c2oc1=O. The molecule has 2 rings (SSSR count). The van der Waals surface area contributed by atoms with Gasteiger partial charge in [0.25, 0.3) is 0 Å². The number of benzene rings is 1. The summed E-state index contributed by atoms with van der Waals surface area (Å²) in [5, 5.41) is 0.738. The average molecular weight is 316 g/mol. The van der Waals surface area contributed by atoms with Gasteiger partial charge in [0.1, 0.15) is 11.1 Å². The number of hydrogen-bond acceptors (Lipinski definition) is 4. The van der Waals surface area contributed by atoms with Crippen LogP contribution < -0.4 is 5.63 Å². The van der Waals surface area contributed by atoms with Crippen molar-refractivity contribution in [2.24, 2.45) is 0 Å². The highest BCUT2D eigenvalue weighted by Crippen LogP contribution is 2.35. The first-order valence-corrected chi connectivity index (χ1v) is 7.66. The van der Waals surface area contributed by atoms with Gasteiger partial charge < -0.3 is 9.15 Å². The predicted molar refractivity (Wildman–Crippen MR) is 91.2 cm³/mol. The summed E-state index contributed by atoms with van der Waals surface area (Å²) in [5.41, 5.74) is 1.61. The summed E-state index contributed by atoms with van der Waals surface area (Å²) < 4.78 is 10.1. The first-order valence-electron chi connectivity index (χ1n) is 7.66. The minimum absolute atomic E-state index is 0.0598. The Morgan fingerprint density at radius 2 is 1.61 bits per heavy atom. The zero-order chi connectivity index (χ0) is 17.6. The lowest BCUT2D eigenvalue weighted by atomic mass is 9.79. The molecule has 0 radical (unpaired) electrons. The molecule has 0 aliphatic rings. The Morgan fingerprint density at radius 3 is 2.09 bits per heavy atom. The number of rotatable bonds is 1. The molecule has 2 aromatic rings. The fourth-order valence-electron chi connectivity index (χ4n) is 2.48. The van der Waals surface area contributed by atoms with Crippen LogP contribution in [-0.4, -0.2) is 13.1 Å². The van der Waals surface area contributed by atoms with Gasteiger partial charge in [0.15, 0.2) is 0 Å². The van der Waals surface area contributed by atoms with Crippen LogP contribution >= 0.6 is 0 Å². The topological polar surface area (TPSA) is 56.5 Å². The van der Waals surface area contributed by atoms with E-state index in [4.69, 9.17) is 4.42 Å². The highest BCUT2D eigenvalue weighted by molar-refractivity contribution is 5.93. The summed E-state index contributed by atoms with van der Waals surface area (Å²) in [6.45, 7) is 12.6. The second-order valence-electron chi connectivity index (χ2n) is 7.88. The number of hydrogen-bond donors (Lipinski definition) is 0. The van der Waals surface area contributed by atoms with Crippen molar-refractivity contribution in [3.05, 3.63) is 45.3 Å². The molecule has 1 heterocycles. The molecule has 0 amide bonds. The Kier molecular flexibility index (Phi) is 4.14. The van der Waals surface area contributed by atoms with Crippen molar-refractivity contribution in [2.75, 3.05) is 7.11 Å². The van der Waals surface area contributed by atoms with Gasteiger partial charge in [-0.3, -0.25) is 0 Å². The highest BCUT2D eigenvalue weighted by Gasteiger charge is 2.25. The molecule has 0 fully saturated rings. The number of methoxy groups -OCH3 is 1. The maximum absolute atomic E-state index is 12.1. The molecule has 0 atom stereocenters. The predicted octanol–water partition coefficient (Wildman–Crippen LogP) is 4.17. The summed E-state index contributed by atoms with van der Waals surface area (Å²) in [5.74, 6) is -0.681. The number of ether oxygens (including phenoxy) is 1. The molecule has 0 saturated heterocycles. The van der Waals surface area contributed by atoms with E-state index in [1.807, 2.05) is 6.07 Å². The summed E-state index contributed by atoms with van der Waals surface area (Å²) in [4.78, 5) is 23.9. The van der Waals surface area contributed by atoms with E-state index in [-0.39, 0.29) is 16.4 Å². The van der Waals surface area contributed by atoms with Crippen molar-refractivity contribution in [3.63, 3.8) is 0 Å². The fraction of sp³-hybridized carbons (Fsp3) is 0.474. The number of carbonyl (C=O) groups excluding carboxylic acids is 1. The molecular weight excluding hydrogens is 292 g/mol. The molecule has 4 nitrogen and oxygen atoms in total. The lowest BCUT2D eigenvalue weighted by Gasteiger charge is -2.26. The molecule has 1 aromatic heterocycles. The second-order valence-corrected chi connectivity index (χ2v) is 7.88. The van der Waals surface area contributed by atoms with Crippen molar-refractivity contribution >= 4 is 16.9 Å². The van der Waals surface area contributed by atoms with Crippen LogP contribution in [-0.2, 0) is 15.6 Å². The zero-order valence-corrected chi connectivity index (χ0v) is 14.9. The molecule has 0 spiro atoms. The smallest absolute Gasteiger partial charge is 0.351 e. The molecule has 0 aliphatic carbocycles. The van der Waals surface area contributed by atoms with Gasteiger partial charge in [0.2, 0.25) is 0 Å². The van der Waals surface area contributed by atoms with Crippen LogP contribution in [0.3, 0.4) is 0 Å². The van der Waals surface area contributed by atoms with Crippen molar-refractivity contribution in [1.29, 1.82) is 0 Å². The van der Waals surface area contributed by atoms with Crippen molar-refractivity contribution in [2.45, 2.75) is 52.4 Å². The second kappa shape index (κ2) is 5.52. The van der Waals surface area contributed by atoms with Crippen molar-refractivity contribution in [3.8, 4) is 0 Å². The van der Waals surface area contributed by atoms with E-state index < -0.39 is 11.6 Å². The largest absolute Gasteiger partial charge is 0.465 e. The van der Waals surface area contributed by atoms with Gasteiger partial charge in [-0.1, -0.05) is 47.6 Å². The quantitative estimate of drug-likeness (QED) is 0.585. The third kappa shape index (κ3) is 3.31. The molecule has 0 N–H and O–H groups in total. The van der Waals surface area contributed by atoms with Gasteiger partial charge in [0.05, 0.1) is 7.11 Å². The van der Waals surface area contributed by atoms with Crippen LogP contribution in [0.4, 0.5) is 0 Å². The fourth-order valence-corrected chi connectivity index (χ4v) is 2.48. The zero-order valence-electron chi connectivity index (χ0n) is 14.9. The Hall–Kier alpha value is -2.10. The van der Waals surface area contributed by atoms with E-state index >= 15 is 0 Å². The lowest BCUT2D eigenvalue weighted by molar-refractivity contribution is 0.0596. The van der Waals surface area contributed by atoms with E-state index in [0.717, 1.165) is 16.5 Å². The molecule has 4 heteroatoms. The normalized spacial score (nSPS) is 12.5. The first-order chi connectivity index (χ1) is 10.4. The summed E-state index contributed by atoms with van der Waals surface area (Å²) in [6, 6.07) is 5.63. The molecule has 0 saturated carbocycles. The van der Waals surface area contributed by atoms with Gasteiger partial charge >= 0.3 is 11.6 Å². The Morgan fingerprint density at radius 1 is 1.00 bits per heavy atom. The van der Waals surface area contributed by atoms with E-state index in [1.165, 1.54) is 7.11 Å². The molecule has 0 unspecified atom stereocenters. The molecule has 0 bridgehead atoms. The lowest BCUT2D eigenvalue weighted by Crippen LogP contribution is -2.19. The number of esters is 1. The van der Waals surface area contributed by atoms with E-state index in [0.29, 0.717) is 5.58 Å². The van der Waals surface area contributed by atoms with Gasteiger partial charge in [-0.15, -0.1) is 0 Å². The monoisotopic (exact) mass is 316 g/mol. The number of fused-ring (bicyclic) bond motifs is 1. The summed E-state index contributed by atoms with van der Waals surface area (Å²) in [7, 11) is 1.25. The molecule has 23 heavy (non-hydrogen) atoms. The minimum atomic E-state index is -0.681. The maximum atomic E-state index is 12.1. The molecule has 1 aromatic carbocycles. The standard InChI is InChI=1S/C19H24O4/c1-18(2,3)12-8-11-9-13(16(20)22-7)17(21)23-15(11)14(10-12)19(4,5)6/h8-10H,1-7H3. The minimum Gasteiger partial charge on any atom is -0.465 e. The van der Waals surface area contributed by atoms with Crippen LogP contribution in [0.5, 0.6) is 0 Å². The first kappa shape index (κ1) is 17.3. The van der Waals surface area contributed by atoms with Crippen LogP contribution in [0.1, 0.15) is 63.0 Å². The Bertz CT molecular complexity index is 814. The third-order valence-electron chi connectivity index (χ3n) is 3.91. The summed E-state index contributed by atoms with van der Waals surface area (Å²) in [6.07, 6.45) is 0. The Balaban J connectivity index is 2.91. The molecule has 0 aliphatic heterocycles. The Labute approximate surface area is 136 Å². The van der Waals surface area contributed by atoms with Crippen molar-refractivity contribution < 1.29 is 13.9 Å². The van der Waals surface area contributed by atoms with Crippen LogP contribution in [0.15, 0.2) is 27.4 Å². The third-order valence-corrected chi connectivity index (χ3v) is 3.91. The average Bonchev–Trinajstić information content (AvgIpc) is 2.42.